The van der Waals surface area contributed by atoms with Crippen LogP contribution in [0.25, 0.3) is 0 Å². The van der Waals surface area contributed by atoms with Gasteiger partial charge in [-0.25, -0.2) is 4.79 Å². The third-order valence-corrected chi connectivity index (χ3v) is 4.79. The number of carbonyl (C=O) groups is 2. The van der Waals surface area contributed by atoms with Gasteiger partial charge in [-0.3, -0.25) is 9.78 Å². The van der Waals surface area contributed by atoms with E-state index in [9.17, 15) is 27.9 Å². The summed E-state index contributed by atoms with van der Waals surface area (Å²) in [6.07, 6.45) is -2.89. The molecular weight excluding hydrogens is 395 g/mol. The van der Waals surface area contributed by atoms with Crippen molar-refractivity contribution in [2.45, 2.75) is 17.9 Å². The summed E-state index contributed by atoms with van der Waals surface area (Å²) >= 11 is 0. The highest BCUT2D eigenvalue weighted by Gasteiger charge is 2.66. The Hall–Kier alpha value is -3.34. The minimum Gasteiger partial charge on any atom is -0.454 e. The zero-order valence-corrected chi connectivity index (χ0v) is 14.6. The van der Waals surface area contributed by atoms with Crippen molar-refractivity contribution in [2.24, 2.45) is 5.92 Å². The molecule has 1 aromatic heterocycles. The van der Waals surface area contributed by atoms with Gasteiger partial charge in [0.15, 0.2) is 17.3 Å². The van der Waals surface area contributed by atoms with E-state index in [4.69, 9.17) is 9.47 Å². The molecule has 3 N–H and O–H groups in total. The number of nitrogens with one attached hydrogen (secondary N) is 2. The summed E-state index contributed by atoms with van der Waals surface area (Å²) in [6.45, 7) is -0.0676. The molecule has 0 bridgehead atoms. The monoisotopic (exact) mass is 409 g/mol. The number of alkyl halides is 3. The van der Waals surface area contributed by atoms with E-state index in [-0.39, 0.29) is 23.7 Å². The number of Topliss-reactive ketones (excluding diaryl/α,β-unsaturated/α-hetero) is 1. The Morgan fingerprint density at radius 1 is 1.24 bits per heavy atom. The van der Waals surface area contributed by atoms with Gasteiger partial charge in [-0.2, -0.15) is 13.2 Å². The molecule has 8 nitrogen and oxygen atoms in total. The first-order valence-corrected chi connectivity index (χ1v) is 8.42. The molecule has 3 unspecified atom stereocenters. The lowest BCUT2D eigenvalue weighted by Crippen LogP contribution is -2.72. The number of pyridine rings is 1. The molecule has 3 heterocycles. The maximum Gasteiger partial charge on any atom is 0.437 e. The smallest absolute Gasteiger partial charge is 0.437 e. The number of carbonyl (C=O) groups excluding carboxylic acids is 2. The van der Waals surface area contributed by atoms with Crippen molar-refractivity contribution < 1.29 is 37.3 Å². The number of amides is 2. The lowest BCUT2D eigenvalue weighted by Gasteiger charge is -2.45. The van der Waals surface area contributed by atoms with Crippen LogP contribution in [0.15, 0.2) is 42.7 Å². The largest absolute Gasteiger partial charge is 0.454 e. The van der Waals surface area contributed by atoms with Gasteiger partial charge in [-0.05, 0) is 29.8 Å². The Bertz CT molecular complexity index is 969. The van der Waals surface area contributed by atoms with Gasteiger partial charge >= 0.3 is 12.2 Å². The number of ketones is 1. The lowest BCUT2D eigenvalue weighted by atomic mass is 9.77. The van der Waals surface area contributed by atoms with Crippen LogP contribution in [0, 0.1) is 5.92 Å². The van der Waals surface area contributed by atoms with Crippen LogP contribution < -0.4 is 20.1 Å². The number of rotatable bonds is 3. The Morgan fingerprint density at radius 3 is 2.69 bits per heavy atom. The lowest BCUT2D eigenvalue weighted by molar-refractivity contribution is -0.287. The fourth-order valence-electron chi connectivity index (χ4n) is 3.41. The van der Waals surface area contributed by atoms with Crippen molar-refractivity contribution >= 4 is 11.8 Å². The van der Waals surface area contributed by atoms with Gasteiger partial charge < -0.3 is 25.2 Å². The van der Waals surface area contributed by atoms with Crippen molar-refractivity contribution in [2.75, 3.05) is 6.79 Å². The van der Waals surface area contributed by atoms with E-state index in [1.807, 2.05) is 0 Å². The van der Waals surface area contributed by atoms with Crippen LogP contribution >= 0.6 is 0 Å². The summed E-state index contributed by atoms with van der Waals surface area (Å²) in [5, 5.41) is 14.3. The molecule has 1 saturated heterocycles. The fourth-order valence-corrected chi connectivity index (χ4v) is 3.41. The summed E-state index contributed by atoms with van der Waals surface area (Å²) in [6, 6.07) is 4.08. The summed E-state index contributed by atoms with van der Waals surface area (Å²) < 4.78 is 51.9. The third-order valence-electron chi connectivity index (χ3n) is 4.79. The average molecular weight is 409 g/mol. The average Bonchev–Trinajstić information content (AvgIpc) is 3.14. The summed E-state index contributed by atoms with van der Waals surface area (Å²) in [7, 11) is 0. The predicted octanol–water partition coefficient (Wildman–Crippen LogP) is 1.91. The fraction of sp³-hybridized carbons (Fsp3) is 0.278. The summed E-state index contributed by atoms with van der Waals surface area (Å²) in [5.74, 6) is -2.56. The van der Waals surface area contributed by atoms with Gasteiger partial charge in [-0.15, -0.1) is 0 Å². The Balaban J connectivity index is 1.84. The van der Waals surface area contributed by atoms with Crippen LogP contribution in [0.2, 0.25) is 0 Å². The maximum atomic E-state index is 13.8. The van der Waals surface area contributed by atoms with Gasteiger partial charge in [0.25, 0.3) is 0 Å². The number of aliphatic hydroxyl groups is 1. The van der Waals surface area contributed by atoms with E-state index in [2.05, 4.69) is 10.3 Å². The van der Waals surface area contributed by atoms with Gasteiger partial charge in [0, 0.05) is 18.0 Å². The Kier molecular flexibility index (Phi) is 4.34. The molecular formula is C18H14F3N3O5. The molecule has 0 saturated carbocycles. The van der Waals surface area contributed by atoms with Gasteiger partial charge in [0.05, 0.1) is 6.04 Å². The quantitative estimate of drug-likeness (QED) is 0.669. The molecule has 29 heavy (non-hydrogen) atoms. The highest BCUT2D eigenvalue weighted by Crippen LogP contribution is 2.45. The second-order valence-corrected chi connectivity index (χ2v) is 6.54. The molecule has 4 rings (SSSR count). The predicted molar refractivity (Wildman–Crippen MR) is 90.0 cm³/mol. The zero-order chi connectivity index (χ0) is 20.8. The molecule has 0 aliphatic carbocycles. The highest BCUT2D eigenvalue weighted by molar-refractivity contribution is 6.00. The topological polar surface area (TPSA) is 110 Å². The number of fused-ring (bicyclic) bond motifs is 1. The minimum absolute atomic E-state index is 0.0676. The van der Waals surface area contributed by atoms with Crippen LogP contribution in [0.3, 0.4) is 0 Å². The zero-order valence-electron chi connectivity index (χ0n) is 14.6. The minimum atomic E-state index is -5.33. The first-order valence-electron chi connectivity index (χ1n) is 8.42. The van der Waals surface area contributed by atoms with Crippen molar-refractivity contribution in [1.82, 2.24) is 15.6 Å². The van der Waals surface area contributed by atoms with E-state index >= 15 is 0 Å². The molecule has 2 amide bonds. The number of aromatic nitrogens is 1. The number of nitrogens with zero attached hydrogens (tertiary/aromatic N) is 1. The number of benzene rings is 1. The SMILES string of the molecule is O=C1NC(c2ccc3c(c2)OCO3)C(C(=O)c2cccnc2)C(O)(C(F)(F)F)N1. The number of hydrogen-bond acceptors (Lipinski definition) is 6. The van der Waals surface area contributed by atoms with Crippen LogP contribution in [-0.2, 0) is 0 Å². The third kappa shape index (κ3) is 3.12. The molecule has 1 aromatic carbocycles. The Morgan fingerprint density at radius 2 is 2.00 bits per heavy atom. The van der Waals surface area contributed by atoms with Crippen LogP contribution in [0.4, 0.5) is 18.0 Å². The van der Waals surface area contributed by atoms with E-state index in [0.29, 0.717) is 5.75 Å². The molecule has 11 heteroatoms. The number of halogens is 3. The summed E-state index contributed by atoms with van der Waals surface area (Å²) in [4.78, 5) is 28.8. The van der Waals surface area contributed by atoms with Crippen molar-refractivity contribution in [3.63, 3.8) is 0 Å². The van der Waals surface area contributed by atoms with E-state index in [0.717, 1.165) is 6.20 Å². The molecule has 2 aliphatic rings. The molecule has 0 spiro atoms. The number of urea groups is 1. The van der Waals surface area contributed by atoms with Gasteiger partial charge in [0.1, 0.15) is 5.92 Å². The molecule has 2 aliphatic heterocycles. The highest BCUT2D eigenvalue weighted by atomic mass is 19.4. The standard InChI is InChI=1S/C18H14F3N3O5/c19-18(20,21)17(27)13(15(25)10-2-1-5-22-7-10)14(23-16(26)24-17)9-3-4-11-12(6-9)29-8-28-11/h1-7,13-14,27H,8H2,(H2,23,24,26). The van der Waals surface area contributed by atoms with Crippen LogP contribution in [0.5, 0.6) is 11.5 Å². The molecule has 152 valence electrons. The molecule has 2 aromatic rings. The van der Waals surface area contributed by atoms with E-state index in [1.165, 1.54) is 41.8 Å². The number of ether oxygens (including phenoxy) is 2. The van der Waals surface area contributed by atoms with Crippen LogP contribution in [0.1, 0.15) is 22.0 Å². The second kappa shape index (κ2) is 6.62. The van der Waals surface area contributed by atoms with E-state index in [1.54, 1.807) is 0 Å². The van der Waals surface area contributed by atoms with Crippen molar-refractivity contribution in [3.8, 4) is 11.5 Å². The van der Waals surface area contributed by atoms with Crippen molar-refractivity contribution in [1.29, 1.82) is 0 Å². The first-order chi connectivity index (χ1) is 13.7. The summed E-state index contributed by atoms with van der Waals surface area (Å²) in [5.41, 5.74) is -3.82. The van der Waals surface area contributed by atoms with E-state index < -0.39 is 35.7 Å². The number of hydrogen-bond donors (Lipinski definition) is 3. The Labute approximate surface area is 161 Å². The first kappa shape index (κ1) is 19.0. The van der Waals surface area contributed by atoms with Gasteiger partial charge in [-0.1, -0.05) is 6.07 Å². The molecule has 3 atom stereocenters. The second-order valence-electron chi connectivity index (χ2n) is 6.54. The maximum absolute atomic E-state index is 13.8. The normalized spacial score (nSPS) is 25.9. The van der Waals surface area contributed by atoms with Gasteiger partial charge in [0.2, 0.25) is 12.5 Å². The van der Waals surface area contributed by atoms with Crippen molar-refractivity contribution in [3.05, 3.63) is 53.9 Å². The molecule has 1 fully saturated rings. The molecule has 0 radical (unpaired) electrons. The van der Waals surface area contributed by atoms with Crippen LogP contribution in [-0.4, -0.2) is 40.6 Å².